The summed E-state index contributed by atoms with van der Waals surface area (Å²) in [6.45, 7) is 0. The fraction of sp³-hybridized carbons (Fsp3) is 0.0909. The zero-order valence-corrected chi connectivity index (χ0v) is 8.25. The van der Waals surface area contributed by atoms with Crippen molar-refractivity contribution in [2.45, 2.75) is 0 Å². The summed E-state index contributed by atoms with van der Waals surface area (Å²) >= 11 is 0. The lowest BCUT2D eigenvalue weighted by molar-refractivity contribution is 0.0594. The van der Waals surface area contributed by atoms with Crippen molar-refractivity contribution in [1.82, 2.24) is 9.55 Å². The monoisotopic (exact) mass is 202 g/mol. The molecular weight excluding hydrogens is 192 g/mol. The Balaban J connectivity index is 2.39. The third-order valence-corrected chi connectivity index (χ3v) is 2.00. The van der Waals surface area contributed by atoms with Crippen molar-refractivity contribution in [3.63, 3.8) is 0 Å². The third kappa shape index (κ3) is 1.88. The number of esters is 1. The minimum absolute atomic E-state index is 0.309. The van der Waals surface area contributed by atoms with Crippen LogP contribution in [-0.4, -0.2) is 22.6 Å². The molecule has 0 radical (unpaired) electrons. The second-order valence-electron chi connectivity index (χ2n) is 2.96. The lowest BCUT2D eigenvalue weighted by atomic mass is 10.3. The van der Waals surface area contributed by atoms with Crippen LogP contribution >= 0.6 is 0 Å². The second-order valence-corrected chi connectivity index (χ2v) is 2.96. The molecule has 0 bridgehead atoms. The minimum Gasteiger partial charge on any atom is -0.464 e. The molecule has 0 aliphatic carbocycles. The zero-order chi connectivity index (χ0) is 10.7. The number of hydrogen-bond donors (Lipinski definition) is 0. The van der Waals surface area contributed by atoms with Gasteiger partial charge in [0.25, 0.3) is 0 Å². The van der Waals surface area contributed by atoms with Crippen molar-refractivity contribution >= 4 is 5.97 Å². The van der Waals surface area contributed by atoms with E-state index in [1.807, 2.05) is 35.2 Å². The van der Waals surface area contributed by atoms with E-state index in [1.165, 1.54) is 7.11 Å². The van der Waals surface area contributed by atoms with Gasteiger partial charge in [-0.25, -0.2) is 9.78 Å². The molecule has 0 fully saturated rings. The van der Waals surface area contributed by atoms with Crippen molar-refractivity contribution < 1.29 is 9.53 Å². The first-order valence-electron chi connectivity index (χ1n) is 4.50. The molecule has 0 saturated heterocycles. The quantitative estimate of drug-likeness (QED) is 0.695. The molecule has 2 aromatic rings. The topological polar surface area (TPSA) is 44.1 Å². The highest BCUT2D eigenvalue weighted by molar-refractivity contribution is 5.87. The van der Waals surface area contributed by atoms with Crippen LogP contribution in [0.25, 0.3) is 5.82 Å². The van der Waals surface area contributed by atoms with E-state index in [-0.39, 0.29) is 0 Å². The molecule has 0 N–H and O–H groups in total. The number of nitrogens with zero attached hydrogens (tertiary/aromatic N) is 2. The van der Waals surface area contributed by atoms with Gasteiger partial charge in [-0.05, 0) is 24.3 Å². The number of aromatic nitrogens is 2. The highest BCUT2D eigenvalue weighted by Gasteiger charge is 2.07. The highest BCUT2D eigenvalue weighted by Crippen LogP contribution is 2.06. The molecule has 0 aliphatic rings. The molecule has 0 aliphatic heterocycles. The summed E-state index contributed by atoms with van der Waals surface area (Å²) in [6.07, 6.45) is 3.73. The SMILES string of the molecule is COC(=O)c1cccc(-n2cccc2)n1. The van der Waals surface area contributed by atoms with Gasteiger partial charge in [0.15, 0.2) is 5.69 Å². The number of methoxy groups -OCH3 is 1. The summed E-state index contributed by atoms with van der Waals surface area (Å²) in [4.78, 5) is 15.4. The lowest BCUT2D eigenvalue weighted by Crippen LogP contribution is -2.06. The van der Waals surface area contributed by atoms with Crippen LogP contribution in [0.3, 0.4) is 0 Å². The Labute approximate surface area is 87.1 Å². The van der Waals surface area contributed by atoms with E-state index in [4.69, 9.17) is 0 Å². The Morgan fingerprint density at radius 1 is 1.27 bits per heavy atom. The van der Waals surface area contributed by atoms with E-state index in [0.29, 0.717) is 11.5 Å². The molecule has 0 aromatic carbocycles. The van der Waals surface area contributed by atoms with Gasteiger partial charge in [-0.3, -0.25) is 0 Å². The van der Waals surface area contributed by atoms with Crippen molar-refractivity contribution in [2.24, 2.45) is 0 Å². The minimum atomic E-state index is -0.427. The van der Waals surface area contributed by atoms with Gasteiger partial charge in [0, 0.05) is 12.4 Å². The summed E-state index contributed by atoms with van der Waals surface area (Å²) in [5.74, 6) is 0.270. The van der Waals surface area contributed by atoms with E-state index in [2.05, 4.69) is 9.72 Å². The van der Waals surface area contributed by atoms with Crippen molar-refractivity contribution in [3.8, 4) is 5.82 Å². The molecule has 4 nitrogen and oxygen atoms in total. The standard InChI is InChI=1S/C11H10N2O2/c1-15-11(14)9-5-4-6-10(12-9)13-7-2-3-8-13/h2-8H,1H3. The predicted octanol–water partition coefficient (Wildman–Crippen LogP) is 1.66. The molecule has 0 atom stereocenters. The van der Waals surface area contributed by atoms with E-state index >= 15 is 0 Å². The summed E-state index contributed by atoms with van der Waals surface area (Å²) in [5.41, 5.74) is 0.309. The maximum Gasteiger partial charge on any atom is 0.356 e. The molecule has 0 saturated carbocycles. The van der Waals surface area contributed by atoms with Gasteiger partial charge in [0.2, 0.25) is 0 Å². The Morgan fingerprint density at radius 3 is 2.67 bits per heavy atom. The Kier molecular flexibility index (Phi) is 2.49. The molecule has 2 rings (SSSR count). The van der Waals surface area contributed by atoms with Gasteiger partial charge >= 0.3 is 5.97 Å². The summed E-state index contributed by atoms with van der Waals surface area (Å²) < 4.78 is 6.42. The largest absolute Gasteiger partial charge is 0.464 e. The highest BCUT2D eigenvalue weighted by atomic mass is 16.5. The van der Waals surface area contributed by atoms with Gasteiger partial charge in [-0.1, -0.05) is 6.07 Å². The van der Waals surface area contributed by atoms with Gasteiger partial charge in [0.1, 0.15) is 5.82 Å². The van der Waals surface area contributed by atoms with Crippen molar-refractivity contribution in [1.29, 1.82) is 0 Å². The van der Waals surface area contributed by atoms with E-state index < -0.39 is 5.97 Å². The Bertz CT molecular complexity index is 463. The molecule has 0 spiro atoms. The number of pyridine rings is 1. The first kappa shape index (κ1) is 9.45. The normalized spacial score (nSPS) is 9.93. The average Bonchev–Trinajstić information content (AvgIpc) is 2.82. The fourth-order valence-corrected chi connectivity index (χ4v) is 1.27. The Hall–Kier alpha value is -2.10. The molecule has 0 unspecified atom stereocenters. The number of carbonyl (C=O) groups excluding carboxylic acids is 1. The van der Waals surface area contributed by atoms with Gasteiger partial charge in [-0.15, -0.1) is 0 Å². The van der Waals surface area contributed by atoms with Crippen molar-refractivity contribution in [3.05, 3.63) is 48.4 Å². The first-order valence-corrected chi connectivity index (χ1v) is 4.50. The lowest BCUT2D eigenvalue weighted by Gasteiger charge is -2.03. The molecule has 2 aromatic heterocycles. The maximum absolute atomic E-state index is 11.2. The number of carbonyl (C=O) groups is 1. The van der Waals surface area contributed by atoms with Crippen LogP contribution in [0.1, 0.15) is 10.5 Å². The van der Waals surface area contributed by atoms with Gasteiger partial charge < -0.3 is 9.30 Å². The zero-order valence-electron chi connectivity index (χ0n) is 8.25. The van der Waals surface area contributed by atoms with E-state index in [0.717, 1.165) is 0 Å². The first-order chi connectivity index (χ1) is 7.31. The summed E-state index contributed by atoms with van der Waals surface area (Å²) in [5, 5.41) is 0. The van der Waals surface area contributed by atoms with E-state index in [9.17, 15) is 4.79 Å². The number of ether oxygens (including phenoxy) is 1. The van der Waals surface area contributed by atoms with Crippen molar-refractivity contribution in [2.75, 3.05) is 7.11 Å². The number of hydrogen-bond acceptors (Lipinski definition) is 3. The predicted molar refractivity (Wildman–Crippen MR) is 54.9 cm³/mol. The average molecular weight is 202 g/mol. The molecule has 2 heterocycles. The summed E-state index contributed by atoms with van der Waals surface area (Å²) in [7, 11) is 1.34. The molecule has 15 heavy (non-hydrogen) atoms. The third-order valence-electron chi connectivity index (χ3n) is 2.00. The van der Waals surface area contributed by atoms with Crippen LogP contribution in [0, 0.1) is 0 Å². The summed E-state index contributed by atoms with van der Waals surface area (Å²) in [6, 6.07) is 9.01. The second kappa shape index (κ2) is 3.96. The van der Waals surface area contributed by atoms with Crippen LogP contribution in [0.15, 0.2) is 42.7 Å². The molecule has 4 heteroatoms. The van der Waals surface area contributed by atoms with Gasteiger partial charge in [0.05, 0.1) is 7.11 Å². The van der Waals surface area contributed by atoms with Crippen LogP contribution < -0.4 is 0 Å². The van der Waals surface area contributed by atoms with Crippen LogP contribution in [0.4, 0.5) is 0 Å². The van der Waals surface area contributed by atoms with Crippen LogP contribution in [0.2, 0.25) is 0 Å². The van der Waals surface area contributed by atoms with Crippen LogP contribution in [0.5, 0.6) is 0 Å². The van der Waals surface area contributed by atoms with Crippen LogP contribution in [-0.2, 0) is 4.74 Å². The molecule has 0 amide bonds. The van der Waals surface area contributed by atoms with Gasteiger partial charge in [-0.2, -0.15) is 0 Å². The smallest absolute Gasteiger partial charge is 0.356 e. The Morgan fingerprint density at radius 2 is 2.00 bits per heavy atom. The maximum atomic E-state index is 11.2. The molecular formula is C11H10N2O2. The number of rotatable bonds is 2. The van der Waals surface area contributed by atoms with E-state index in [1.54, 1.807) is 12.1 Å². The molecule has 76 valence electrons. The fourth-order valence-electron chi connectivity index (χ4n) is 1.27.